The summed E-state index contributed by atoms with van der Waals surface area (Å²) in [6, 6.07) is 16.2. The van der Waals surface area contributed by atoms with Gasteiger partial charge in [-0.05, 0) is 23.8 Å². The zero-order valence-electron chi connectivity index (χ0n) is 12.4. The Kier molecular flexibility index (Phi) is 4.75. The number of hydrogen-bond donors (Lipinski definition) is 1. The predicted molar refractivity (Wildman–Crippen MR) is 92.6 cm³/mol. The van der Waals surface area contributed by atoms with E-state index in [-0.39, 0.29) is 23.7 Å². The van der Waals surface area contributed by atoms with Gasteiger partial charge in [0.1, 0.15) is 12.2 Å². The van der Waals surface area contributed by atoms with Crippen molar-refractivity contribution in [3.8, 4) is 6.07 Å². The Hall–Kier alpha value is -2.48. The van der Waals surface area contributed by atoms with Crippen LogP contribution in [-0.4, -0.2) is 5.78 Å². The summed E-state index contributed by atoms with van der Waals surface area (Å²) >= 11 is 11.9. The van der Waals surface area contributed by atoms with Crippen molar-refractivity contribution in [1.82, 2.24) is 0 Å². The molecule has 1 aliphatic rings. The third-order valence-corrected chi connectivity index (χ3v) is 4.34. The van der Waals surface area contributed by atoms with Crippen molar-refractivity contribution >= 4 is 34.7 Å². The van der Waals surface area contributed by atoms with E-state index in [0.717, 1.165) is 5.56 Å². The number of halogens is 2. The average molecular weight is 359 g/mol. The van der Waals surface area contributed by atoms with Crippen molar-refractivity contribution in [3.63, 3.8) is 0 Å². The van der Waals surface area contributed by atoms with Gasteiger partial charge in [0.25, 0.3) is 0 Å². The number of nitrogens with zero attached hydrogens (tertiary/aromatic N) is 1. The van der Waals surface area contributed by atoms with Crippen LogP contribution in [0.5, 0.6) is 0 Å². The van der Waals surface area contributed by atoms with Gasteiger partial charge in [-0.3, -0.25) is 4.79 Å². The molecule has 0 amide bonds. The molecule has 1 atom stereocenters. The van der Waals surface area contributed by atoms with Crippen molar-refractivity contribution in [2.75, 3.05) is 5.32 Å². The molecular formula is C18H12Cl2N2O2. The van der Waals surface area contributed by atoms with E-state index in [4.69, 9.17) is 27.9 Å². The second kappa shape index (κ2) is 6.96. The number of anilines is 1. The topological polar surface area (TPSA) is 62.1 Å². The molecule has 1 N–H and O–H groups in total. The van der Waals surface area contributed by atoms with E-state index in [2.05, 4.69) is 5.32 Å². The Balaban J connectivity index is 1.92. The first-order valence-electron chi connectivity index (χ1n) is 7.19. The molecule has 0 fully saturated rings. The average Bonchev–Trinajstić information content (AvgIpc) is 2.59. The van der Waals surface area contributed by atoms with E-state index in [1.54, 1.807) is 18.2 Å². The van der Waals surface area contributed by atoms with Crippen LogP contribution in [0.4, 0.5) is 5.69 Å². The first-order chi connectivity index (χ1) is 11.6. The summed E-state index contributed by atoms with van der Waals surface area (Å²) in [5, 5.41) is 13.0. The first-order valence-corrected chi connectivity index (χ1v) is 7.95. The van der Waals surface area contributed by atoms with Crippen molar-refractivity contribution in [2.45, 2.75) is 12.5 Å². The molecule has 24 heavy (non-hydrogen) atoms. The molecule has 0 aromatic heterocycles. The van der Waals surface area contributed by atoms with Crippen LogP contribution in [0.15, 0.2) is 60.0 Å². The van der Waals surface area contributed by atoms with E-state index in [9.17, 15) is 10.1 Å². The van der Waals surface area contributed by atoms with Gasteiger partial charge in [-0.15, -0.1) is 0 Å². The SMILES string of the molecule is N#CC1=C(Nc2ccc(Cl)c(Cl)c2)OC(c2ccccc2)CC1=O. The largest absolute Gasteiger partial charge is 0.469 e. The molecule has 1 aliphatic heterocycles. The lowest BCUT2D eigenvalue weighted by Crippen LogP contribution is -2.23. The van der Waals surface area contributed by atoms with Crippen molar-refractivity contribution in [2.24, 2.45) is 0 Å². The molecule has 120 valence electrons. The highest BCUT2D eigenvalue weighted by atomic mass is 35.5. The molecule has 0 bridgehead atoms. The van der Waals surface area contributed by atoms with Gasteiger partial charge in [-0.2, -0.15) is 5.26 Å². The van der Waals surface area contributed by atoms with E-state index in [1.807, 2.05) is 36.4 Å². The number of ether oxygens (including phenoxy) is 1. The number of hydrogen-bond acceptors (Lipinski definition) is 4. The van der Waals surface area contributed by atoms with Crippen LogP contribution in [0.1, 0.15) is 18.1 Å². The highest BCUT2D eigenvalue weighted by molar-refractivity contribution is 6.42. The standard InChI is InChI=1S/C18H12Cl2N2O2/c19-14-7-6-12(8-15(14)20)22-18-13(10-21)16(23)9-17(24-18)11-4-2-1-3-5-11/h1-8,17,22H,9H2. The van der Waals surface area contributed by atoms with E-state index < -0.39 is 6.10 Å². The number of allylic oxidation sites excluding steroid dienone is 1. The highest BCUT2D eigenvalue weighted by Gasteiger charge is 2.30. The van der Waals surface area contributed by atoms with Gasteiger partial charge in [-0.25, -0.2) is 0 Å². The molecule has 0 saturated heterocycles. The fourth-order valence-electron chi connectivity index (χ4n) is 2.40. The molecule has 2 aromatic rings. The molecule has 0 saturated carbocycles. The summed E-state index contributed by atoms with van der Waals surface area (Å²) in [4.78, 5) is 12.3. The second-order valence-corrected chi connectivity index (χ2v) is 6.03. The summed E-state index contributed by atoms with van der Waals surface area (Å²) in [5.74, 6) is -0.138. The maximum Gasteiger partial charge on any atom is 0.213 e. The van der Waals surface area contributed by atoms with Gasteiger partial charge >= 0.3 is 0 Å². The number of benzene rings is 2. The van der Waals surface area contributed by atoms with Crippen LogP contribution in [0.3, 0.4) is 0 Å². The normalized spacial score (nSPS) is 17.2. The van der Waals surface area contributed by atoms with Crippen molar-refractivity contribution in [1.29, 1.82) is 5.26 Å². The third kappa shape index (κ3) is 3.38. The lowest BCUT2D eigenvalue weighted by molar-refractivity contribution is -0.119. The van der Waals surface area contributed by atoms with Gasteiger partial charge in [-0.1, -0.05) is 53.5 Å². The highest BCUT2D eigenvalue weighted by Crippen LogP contribution is 2.33. The Morgan fingerprint density at radius 2 is 1.88 bits per heavy atom. The molecule has 2 aromatic carbocycles. The molecule has 6 heteroatoms. The van der Waals surface area contributed by atoms with Crippen LogP contribution in [0.2, 0.25) is 10.0 Å². The van der Waals surface area contributed by atoms with Crippen LogP contribution < -0.4 is 5.32 Å². The monoisotopic (exact) mass is 358 g/mol. The Morgan fingerprint density at radius 1 is 1.12 bits per heavy atom. The van der Waals surface area contributed by atoms with Crippen LogP contribution in [0.25, 0.3) is 0 Å². The minimum absolute atomic E-state index is 0.0340. The van der Waals surface area contributed by atoms with Crippen molar-refractivity contribution < 1.29 is 9.53 Å². The quantitative estimate of drug-likeness (QED) is 0.849. The third-order valence-electron chi connectivity index (χ3n) is 3.60. The molecule has 0 spiro atoms. The molecule has 0 aliphatic carbocycles. The van der Waals surface area contributed by atoms with E-state index in [0.29, 0.717) is 15.7 Å². The van der Waals surface area contributed by atoms with E-state index >= 15 is 0 Å². The zero-order chi connectivity index (χ0) is 17.1. The number of rotatable bonds is 3. The number of nitriles is 1. The molecular weight excluding hydrogens is 347 g/mol. The van der Waals surface area contributed by atoms with Gasteiger partial charge in [0.15, 0.2) is 11.4 Å². The van der Waals surface area contributed by atoms with Gasteiger partial charge < -0.3 is 10.1 Å². The minimum Gasteiger partial charge on any atom is -0.469 e. The smallest absolute Gasteiger partial charge is 0.213 e. The minimum atomic E-state index is -0.443. The van der Waals surface area contributed by atoms with Gasteiger partial charge in [0.05, 0.1) is 16.5 Å². The second-order valence-electron chi connectivity index (χ2n) is 5.21. The Labute approximate surface area is 149 Å². The molecule has 1 unspecified atom stereocenters. The van der Waals surface area contributed by atoms with E-state index in [1.165, 1.54) is 0 Å². The fraction of sp³-hybridized carbons (Fsp3) is 0.111. The number of ketones is 1. The Morgan fingerprint density at radius 3 is 2.54 bits per heavy atom. The number of Topliss-reactive ketones (excluding diaryl/α,β-unsaturated/α-hetero) is 1. The maximum absolute atomic E-state index is 12.3. The number of carbonyl (C=O) groups is 1. The van der Waals surface area contributed by atoms with Crippen LogP contribution in [-0.2, 0) is 9.53 Å². The lowest BCUT2D eigenvalue weighted by atomic mass is 9.98. The van der Waals surface area contributed by atoms with Crippen molar-refractivity contribution in [3.05, 3.63) is 75.6 Å². The summed E-state index contributed by atoms with van der Waals surface area (Å²) in [7, 11) is 0. The summed E-state index contributed by atoms with van der Waals surface area (Å²) < 4.78 is 5.87. The van der Waals surface area contributed by atoms with Gasteiger partial charge in [0.2, 0.25) is 5.88 Å². The maximum atomic E-state index is 12.3. The van der Waals surface area contributed by atoms with Gasteiger partial charge in [0, 0.05) is 5.69 Å². The Bertz CT molecular complexity index is 857. The number of carbonyl (C=O) groups excluding carboxylic acids is 1. The van der Waals surface area contributed by atoms with Crippen LogP contribution in [0, 0.1) is 11.3 Å². The fourth-order valence-corrected chi connectivity index (χ4v) is 2.70. The lowest BCUT2D eigenvalue weighted by Gasteiger charge is -2.26. The zero-order valence-corrected chi connectivity index (χ0v) is 13.9. The molecule has 4 nitrogen and oxygen atoms in total. The summed E-state index contributed by atoms with van der Waals surface area (Å²) in [5.41, 5.74) is 1.41. The molecule has 1 heterocycles. The summed E-state index contributed by atoms with van der Waals surface area (Å²) in [6.45, 7) is 0. The first kappa shape index (κ1) is 16.4. The predicted octanol–water partition coefficient (Wildman–Crippen LogP) is 4.87. The molecule has 0 radical (unpaired) electrons. The molecule has 3 rings (SSSR count). The summed E-state index contributed by atoms with van der Waals surface area (Å²) in [6.07, 6.45) is -0.319. The van der Waals surface area contributed by atoms with Crippen LogP contribution >= 0.6 is 23.2 Å². The number of nitrogens with one attached hydrogen (secondary N) is 1.